The molecule has 0 spiro atoms. The van der Waals surface area contributed by atoms with Crippen molar-refractivity contribution in [1.29, 1.82) is 0 Å². The molecular formula is C13H26N2O. The molecule has 0 bridgehead atoms. The summed E-state index contributed by atoms with van der Waals surface area (Å²) in [5, 5.41) is 0. The predicted octanol–water partition coefficient (Wildman–Crippen LogP) is 2.15. The normalized spacial score (nSPS) is 26.6. The number of hydrogen-bond acceptors (Lipinski definition) is 2. The molecule has 1 aliphatic carbocycles. The van der Waals surface area contributed by atoms with Crippen molar-refractivity contribution in [3.05, 3.63) is 0 Å². The highest BCUT2D eigenvalue weighted by atomic mass is 16.2. The van der Waals surface area contributed by atoms with Gasteiger partial charge in [0.2, 0.25) is 5.91 Å². The molecule has 1 saturated carbocycles. The van der Waals surface area contributed by atoms with Gasteiger partial charge >= 0.3 is 0 Å². The Hall–Kier alpha value is -0.570. The van der Waals surface area contributed by atoms with Gasteiger partial charge in [-0.2, -0.15) is 0 Å². The van der Waals surface area contributed by atoms with Crippen LogP contribution in [0.5, 0.6) is 0 Å². The lowest BCUT2D eigenvalue weighted by Gasteiger charge is -2.38. The molecule has 0 aromatic heterocycles. The molecule has 16 heavy (non-hydrogen) atoms. The highest BCUT2D eigenvalue weighted by molar-refractivity contribution is 5.79. The second-order valence-electron chi connectivity index (χ2n) is 5.69. The van der Waals surface area contributed by atoms with Gasteiger partial charge in [0.15, 0.2) is 0 Å². The van der Waals surface area contributed by atoms with Crippen molar-refractivity contribution in [2.75, 3.05) is 7.05 Å². The largest absolute Gasteiger partial charge is 0.340 e. The summed E-state index contributed by atoms with van der Waals surface area (Å²) in [4.78, 5) is 14.2. The molecule has 2 atom stereocenters. The zero-order valence-electron chi connectivity index (χ0n) is 11.1. The van der Waals surface area contributed by atoms with Crippen LogP contribution in [0.25, 0.3) is 0 Å². The van der Waals surface area contributed by atoms with Gasteiger partial charge < -0.3 is 10.6 Å². The summed E-state index contributed by atoms with van der Waals surface area (Å²) in [7, 11) is 1.92. The Morgan fingerprint density at radius 2 is 2.06 bits per heavy atom. The predicted molar refractivity (Wildman–Crippen MR) is 67.1 cm³/mol. The van der Waals surface area contributed by atoms with Crippen LogP contribution in [0.3, 0.4) is 0 Å². The van der Waals surface area contributed by atoms with Gasteiger partial charge in [0.25, 0.3) is 0 Å². The molecule has 94 valence electrons. The average molecular weight is 226 g/mol. The summed E-state index contributed by atoms with van der Waals surface area (Å²) in [6.45, 7) is 6.36. The minimum absolute atomic E-state index is 0.0430. The molecule has 1 aliphatic rings. The van der Waals surface area contributed by atoms with Crippen LogP contribution in [-0.4, -0.2) is 29.4 Å². The van der Waals surface area contributed by atoms with E-state index in [1.54, 1.807) is 0 Å². The van der Waals surface area contributed by atoms with Gasteiger partial charge in [-0.15, -0.1) is 0 Å². The van der Waals surface area contributed by atoms with Crippen molar-refractivity contribution in [2.45, 2.75) is 64.5 Å². The van der Waals surface area contributed by atoms with E-state index in [1.165, 1.54) is 0 Å². The second-order valence-corrected chi connectivity index (χ2v) is 5.69. The van der Waals surface area contributed by atoms with Crippen LogP contribution >= 0.6 is 0 Å². The van der Waals surface area contributed by atoms with Crippen LogP contribution in [0.4, 0.5) is 0 Å². The van der Waals surface area contributed by atoms with Crippen molar-refractivity contribution in [3.63, 3.8) is 0 Å². The van der Waals surface area contributed by atoms with Crippen LogP contribution in [0, 0.1) is 5.92 Å². The first-order valence-corrected chi connectivity index (χ1v) is 6.41. The molecule has 0 aromatic carbocycles. The monoisotopic (exact) mass is 226 g/mol. The molecule has 0 radical (unpaired) electrons. The molecule has 2 N–H and O–H groups in total. The Balaban J connectivity index is 2.63. The lowest BCUT2D eigenvalue weighted by atomic mass is 9.84. The Bertz CT molecular complexity index is 250. The Labute approximate surface area is 99.4 Å². The maximum Gasteiger partial charge on any atom is 0.225 e. The van der Waals surface area contributed by atoms with Gasteiger partial charge in [-0.05, 0) is 39.5 Å². The molecule has 0 aliphatic heterocycles. The summed E-state index contributed by atoms with van der Waals surface area (Å²) in [6, 6.07) is 0.223. The smallest absolute Gasteiger partial charge is 0.225 e. The third-order valence-corrected chi connectivity index (χ3v) is 4.17. The molecule has 0 aromatic rings. The summed E-state index contributed by atoms with van der Waals surface area (Å²) in [5.74, 6) is 0.432. The molecule has 3 heteroatoms. The fourth-order valence-electron chi connectivity index (χ4n) is 2.26. The van der Waals surface area contributed by atoms with E-state index in [-0.39, 0.29) is 23.4 Å². The van der Waals surface area contributed by atoms with E-state index in [0.717, 1.165) is 32.1 Å². The second kappa shape index (κ2) is 5.17. The third-order valence-electron chi connectivity index (χ3n) is 4.17. The quantitative estimate of drug-likeness (QED) is 0.801. The fraction of sp³-hybridized carbons (Fsp3) is 0.923. The summed E-state index contributed by atoms with van der Waals surface area (Å²) in [5.41, 5.74) is 5.89. The summed E-state index contributed by atoms with van der Waals surface area (Å²) < 4.78 is 0. The summed E-state index contributed by atoms with van der Waals surface area (Å²) in [6.07, 6.45) is 5.02. The van der Waals surface area contributed by atoms with E-state index < -0.39 is 0 Å². The Kier molecular flexibility index (Phi) is 4.36. The number of nitrogens with zero attached hydrogens (tertiary/aromatic N) is 1. The Morgan fingerprint density at radius 3 is 2.56 bits per heavy atom. The van der Waals surface area contributed by atoms with Crippen molar-refractivity contribution < 1.29 is 4.79 Å². The number of carbonyl (C=O) groups excluding carboxylic acids is 1. The van der Waals surface area contributed by atoms with E-state index in [4.69, 9.17) is 5.73 Å². The molecule has 0 saturated heterocycles. The van der Waals surface area contributed by atoms with Gasteiger partial charge in [0.05, 0.1) is 0 Å². The number of hydrogen-bond donors (Lipinski definition) is 1. The first kappa shape index (κ1) is 13.5. The van der Waals surface area contributed by atoms with Gasteiger partial charge in [0, 0.05) is 24.5 Å². The van der Waals surface area contributed by atoms with Gasteiger partial charge in [-0.1, -0.05) is 13.3 Å². The topological polar surface area (TPSA) is 46.3 Å². The minimum atomic E-state index is -0.0430. The van der Waals surface area contributed by atoms with E-state index in [1.807, 2.05) is 11.9 Å². The van der Waals surface area contributed by atoms with Crippen LogP contribution in [0.15, 0.2) is 0 Å². The van der Waals surface area contributed by atoms with Crippen LogP contribution in [0.2, 0.25) is 0 Å². The van der Waals surface area contributed by atoms with Crippen molar-refractivity contribution >= 4 is 5.91 Å². The highest BCUT2D eigenvalue weighted by Gasteiger charge is 2.32. The van der Waals surface area contributed by atoms with Crippen molar-refractivity contribution in [2.24, 2.45) is 11.7 Å². The Morgan fingerprint density at radius 1 is 1.44 bits per heavy atom. The number of amides is 1. The fourth-order valence-corrected chi connectivity index (χ4v) is 2.26. The first-order chi connectivity index (χ1) is 7.38. The van der Waals surface area contributed by atoms with Gasteiger partial charge in [-0.3, -0.25) is 4.79 Å². The zero-order valence-corrected chi connectivity index (χ0v) is 11.1. The number of nitrogens with two attached hydrogens (primary N) is 1. The van der Waals surface area contributed by atoms with Crippen molar-refractivity contribution in [1.82, 2.24) is 4.90 Å². The summed E-state index contributed by atoms with van der Waals surface area (Å²) >= 11 is 0. The minimum Gasteiger partial charge on any atom is -0.340 e. The standard InChI is InChI=1S/C13H26N2O/c1-5-13(2,3)15(4)12(16)10-7-6-8-11(14)9-10/h10-11H,5-9,14H2,1-4H3. The highest BCUT2D eigenvalue weighted by Crippen LogP contribution is 2.27. The molecule has 1 rings (SSSR count). The zero-order chi connectivity index (χ0) is 12.3. The van der Waals surface area contributed by atoms with E-state index >= 15 is 0 Å². The average Bonchev–Trinajstić information content (AvgIpc) is 2.27. The first-order valence-electron chi connectivity index (χ1n) is 6.41. The molecule has 1 amide bonds. The molecule has 3 nitrogen and oxygen atoms in total. The van der Waals surface area contributed by atoms with Crippen LogP contribution < -0.4 is 5.73 Å². The molecule has 2 unspecified atom stereocenters. The van der Waals surface area contributed by atoms with E-state index in [9.17, 15) is 4.79 Å². The van der Waals surface area contributed by atoms with Crippen LogP contribution in [-0.2, 0) is 4.79 Å². The van der Waals surface area contributed by atoms with Gasteiger partial charge in [-0.25, -0.2) is 0 Å². The van der Waals surface area contributed by atoms with E-state index in [0.29, 0.717) is 0 Å². The van der Waals surface area contributed by atoms with E-state index in [2.05, 4.69) is 20.8 Å². The number of rotatable bonds is 3. The molecule has 0 heterocycles. The van der Waals surface area contributed by atoms with Gasteiger partial charge in [0.1, 0.15) is 0 Å². The SMILES string of the molecule is CCC(C)(C)N(C)C(=O)C1CCCC(N)C1. The lowest BCUT2D eigenvalue weighted by molar-refractivity contribution is -0.140. The number of carbonyl (C=O) groups is 1. The molecule has 1 fully saturated rings. The maximum atomic E-state index is 12.3. The van der Waals surface area contributed by atoms with Crippen molar-refractivity contribution in [3.8, 4) is 0 Å². The third kappa shape index (κ3) is 2.97. The maximum absolute atomic E-state index is 12.3. The molecular weight excluding hydrogens is 200 g/mol. The lowest BCUT2D eigenvalue weighted by Crippen LogP contribution is -2.48. The van der Waals surface area contributed by atoms with Crippen LogP contribution in [0.1, 0.15) is 52.9 Å².